The number of amides is 1. The van der Waals surface area contributed by atoms with Crippen molar-refractivity contribution >= 4 is 23.7 Å². The molecule has 7 heteroatoms. The highest BCUT2D eigenvalue weighted by molar-refractivity contribution is 6.32. The second-order valence-electron chi connectivity index (χ2n) is 4.22. The van der Waals surface area contributed by atoms with Crippen LogP contribution in [-0.2, 0) is 0 Å². The van der Waals surface area contributed by atoms with Gasteiger partial charge in [-0.15, -0.1) is 0 Å². The molecule has 0 aliphatic carbocycles. The predicted octanol–water partition coefficient (Wildman–Crippen LogP) is 2.60. The molecule has 22 heavy (non-hydrogen) atoms. The highest BCUT2D eigenvalue weighted by Gasteiger charge is 2.09. The lowest BCUT2D eigenvalue weighted by atomic mass is 10.2. The van der Waals surface area contributed by atoms with Gasteiger partial charge in [-0.3, -0.25) is 9.78 Å². The number of hydrogen-bond donors (Lipinski definition) is 2. The molecule has 1 aromatic carbocycles. The van der Waals surface area contributed by atoms with Crippen LogP contribution in [-0.4, -0.2) is 28.8 Å². The number of benzene rings is 1. The summed E-state index contributed by atoms with van der Waals surface area (Å²) in [7, 11) is 0. The van der Waals surface area contributed by atoms with Crippen LogP contribution in [0, 0.1) is 0 Å². The number of pyridine rings is 1. The van der Waals surface area contributed by atoms with Gasteiger partial charge >= 0.3 is 0 Å². The van der Waals surface area contributed by atoms with Crippen LogP contribution < -0.4 is 10.2 Å². The van der Waals surface area contributed by atoms with Gasteiger partial charge in [-0.1, -0.05) is 11.6 Å². The van der Waals surface area contributed by atoms with Gasteiger partial charge in [-0.25, -0.2) is 5.43 Å². The van der Waals surface area contributed by atoms with Crippen LogP contribution in [0.4, 0.5) is 0 Å². The number of aromatic nitrogens is 1. The topological polar surface area (TPSA) is 83.8 Å². The van der Waals surface area contributed by atoms with Gasteiger partial charge in [-0.05, 0) is 36.8 Å². The first kappa shape index (κ1) is 15.8. The average Bonchev–Trinajstić information content (AvgIpc) is 2.53. The standard InChI is InChI=1S/C15H14ClN3O3/c1-2-22-13-7-10(6-12(16)14(13)20)8-18-19-15(21)11-4-3-5-17-9-11/h3-9,20H,2H2,1H3,(H,19,21)/b18-8+. The number of rotatable bonds is 5. The molecule has 0 atom stereocenters. The molecule has 1 amide bonds. The summed E-state index contributed by atoms with van der Waals surface area (Å²) in [6, 6.07) is 6.37. The van der Waals surface area contributed by atoms with E-state index in [1.807, 2.05) is 0 Å². The largest absolute Gasteiger partial charge is 0.503 e. The second kappa shape index (κ2) is 7.42. The molecule has 2 aromatic rings. The maximum absolute atomic E-state index is 11.8. The smallest absolute Gasteiger partial charge is 0.272 e. The molecule has 0 bridgehead atoms. The van der Waals surface area contributed by atoms with Gasteiger partial charge in [0.25, 0.3) is 5.91 Å². The molecule has 0 saturated carbocycles. The number of phenols is 1. The third-order valence-corrected chi connectivity index (χ3v) is 2.94. The summed E-state index contributed by atoms with van der Waals surface area (Å²) in [5.41, 5.74) is 3.36. The minimum absolute atomic E-state index is 0.125. The van der Waals surface area contributed by atoms with Crippen molar-refractivity contribution in [2.75, 3.05) is 6.61 Å². The summed E-state index contributed by atoms with van der Waals surface area (Å²) in [6.45, 7) is 2.18. The number of hydrogen-bond acceptors (Lipinski definition) is 5. The van der Waals surface area contributed by atoms with E-state index in [9.17, 15) is 9.90 Å². The zero-order valence-corrected chi connectivity index (χ0v) is 12.5. The van der Waals surface area contributed by atoms with Crippen molar-refractivity contribution in [1.29, 1.82) is 0 Å². The SMILES string of the molecule is CCOc1cc(/C=N/NC(=O)c2cccnc2)cc(Cl)c1O. The summed E-state index contributed by atoms with van der Waals surface area (Å²) < 4.78 is 5.26. The van der Waals surface area contributed by atoms with E-state index in [1.165, 1.54) is 18.5 Å². The Kier molecular flexibility index (Phi) is 5.32. The van der Waals surface area contributed by atoms with Gasteiger partial charge in [0.05, 0.1) is 23.4 Å². The van der Waals surface area contributed by atoms with Gasteiger partial charge in [-0.2, -0.15) is 5.10 Å². The molecule has 0 aliphatic rings. The van der Waals surface area contributed by atoms with Gasteiger partial charge in [0, 0.05) is 12.4 Å². The molecule has 2 N–H and O–H groups in total. The van der Waals surface area contributed by atoms with E-state index in [0.29, 0.717) is 17.7 Å². The molecular weight excluding hydrogens is 306 g/mol. The lowest BCUT2D eigenvalue weighted by molar-refractivity contribution is 0.0955. The molecule has 0 fully saturated rings. The molecule has 6 nitrogen and oxygen atoms in total. The number of nitrogens with one attached hydrogen (secondary N) is 1. The highest BCUT2D eigenvalue weighted by atomic mass is 35.5. The fraction of sp³-hybridized carbons (Fsp3) is 0.133. The summed E-state index contributed by atoms with van der Waals surface area (Å²) in [5, 5.41) is 13.7. The number of carbonyl (C=O) groups is 1. The highest BCUT2D eigenvalue weighted by Crippen LogP contribution is 2.34. The second-order valence-corrected chi connectivity index (χ2v) is 4.63. The van der Waals surface area contributed by atoms with Crippen LogP contribution in [0.1, 0.15) is 22.8 Å². The molecule has 2 rings (SSSR count). The molecule has 0 spiro atoms. The third kappa shape index (κ3) is 3.95. The fourth-order valence-electron chi connectivity index (χ4n) is 1.66. The van der Waals surface area contributed by atoms with Crippen molar-refractivity contribution in [2.24, 2.45) is 5.10 Å². The van der Waals surface area contributed by atoms with Gasteiger partial charge in [0.1, 0.15) is 0 Å². The normalized spacial score (nSPS) is 10.6. The lowest BCUT2D eigenvalue weighted by Crippen LogP contribution is -2.17. The number of phenolic OH excluding ortho intramolecular Hbond substituents is 1. The zero-order chi connectivity index (χ0) is 15.9. The summed E-state index contributed by atoms with van der Waals surface area (Å²) in [4.78, 5) is 15.6. The first-order valence-electron chi connectivity index (χ1n) is 6.50. The summed E-state index contributed by atoms with van der Waals surface area (Å²) >= 11 is 5.90. The van der Waals surface area contributed by atoms with E-state index < -0.39 is 0 Å². The van der Waals surface area contributed by atoms with Gasteiger partial charge in [0.15, 0.2) is 11.5 Å². The number of hydrazone groups is 1. The van der Waals surface area contributed by atoms with E-state index in [4.69, 9.17) is 16.3 Å². The number of nitrogens with zero attached hydrogens (tertiary/aromatic N) is 2. The molecule has 0 saturated heterocycles. The fourth-order valence-corrected chi connectivity index (χ4v) is 1.88. The quantitative estimate of drug-likeness (QED) is 0.655. The van der Waals surface area contributed by atoms with E-state index in [2.05, 4.69) is 15.5 Å². The Morgan fingerprint density at radius 2 is 2.36 bits per heavy atom. The molecule has 0 unspecified atom stereocenters. The Balaban J connectivity index is 2.09. The van der Waals surface area contributed by atoms with E-state index >= 15 is 0 Å². The van der Waals surface area contributed by atoms with Crippen LogP contribution in [0.5, 0.6) is 11.5 Å². The maximum Gasteiger partial charge on any atom is 0.272 e. The number of aromatic hydroxyl groups is 1. The third-order valence-electron chi connectivity index (χ3n) is 2.65. The Hall–Kier alpha value is -2.60. The van der Waals surface area contributed by atoms with Crippen molar-refractivity contribution < 1.29 is 14.6 Å². The van der Waals surface area contributed by atoms with Crippen molar-refractivity contribution in [3.8, 4) is 11.5 Å². The van der Waals surface area contributed by atoms with Crippen LogP contribution >= 0.6 is 11.6 Å². The lowest BCUT2D eigenvalue weighted by Gasteiger charge is -2.08. The predicted molar refractivity (Wildman–Crippen MR) is 83.6 cm³/mol. The summed E-state index contributed by atoms with van der Waals surface area (Å²) in [6.07, 6.45) is 4.42. The minimum atomic E-state index is -0.376. The Labute approximate surface area is 132 Å². The van der Waals surface area contributed by atoms with Crippen molar-refractivity contribution in [3.05, 3.63) is 52.8 Å². The number of ether oxygens (including phenoxy) is 1. The van der Waals surface area contributed by atoms with E-state index in [-0.39, 0.29) is 22.4 Å². The van der Waals surface area contributed by atoms with Crippen molar-refractivity contribution in [2.45, 2.75) is 6.92 Å². The first-order valence-corrected chi connectivity index (χ1v) is 6.88. The number of halogens is 1. The molecule has 114 valence electrons. The Morgan fingerprint density at radius 1 is 1.55 bits per heavy atom. The first-order chi connectivity index (χ1) is 10.6. The Morgan fingerprint density at radius 3 is 3.05 bits per heavy atom. The molecule has 1 aromatic heterocycles. The van der Waals surface area contributed by atoms with Crippen molar-refractivity contribution in [1.82, 2.24) is 10.4 Å². The van der Waals surface area contributed by atoms with Crippen LogP contribution in [0.3, 0.4) is 0 Å². The molecule has 1 heterocycles. The van der Waals surface area contributed by atoms with Crippen LogP contribution in [0.25, 0.3) is 0 Å². The maximum atomic E-state index is 11.8. The van der Waals surface area contributed by atoms with Crippen molar-refractivity contribution in [3.63, 3.8) is 0 Å². The van der Waals surface area contributed by atoms with E-state index in [0.717, 1.165) is 0 Å². The van der Waals surface area contributed by atoms with E-state index in [1.54, 1.807) is 31.3 Å². The van der Waals surface area contributed by atoms with Gasteiger partial charge < -0.3 is 9.84 Å². The van der Waals surface area contributed by atoms with Crippen LogP contribution in [0.2, 0.25) is 5.02 Å². The molecule has 0 radical (unpaired) electrons. The molecular formula is C15H14ClN3O3. The Bertz CT molecular complexity index is 690. The van der Waals surface area contributed by atoms with Crippen LogP contribution in [0.15, 0.2) is 41.8 Å². The zero-order valence-electron chi connectivity index (χ0n) is 11.8. The molecule has 0 aliphatic heterocycles. The summed E-state index contributed by atoms with van der Waals surface area (Å²) in [5.74, 6) is -0.241. The monoisotopic (exact) mass is 319 g/mol. The average molecular weight is 320 g/mol. The minimum Gasteiger partial charge on any atom is -0.503 e. The number of carbonyl (C=O) groups excluding carboxylic acids is 1. The van der Waals surface area contributed by atoms with Gasteiger partial charge in [0.2, 0.25) is 0 Å².